The molecule has 0 aliphatic carbocycles. The van der Waals surface area contributed by atoms with Crippen LogP contribution in [0.3, 0.4) is 0 Å². The summed E-state index contributed by atoms with van der Waals surface area (Å²) in [6, 6.07) is 12.6. The number of anilines is 2. The van der Waals surface area contributed by atoms with E-state index in [4.69, 9.17) is 4.74 Å². The predicted octanol–water partition coefficient (Wildman–Crippen LogP) is 4.03. The summed E-state index contributed by atoms with van der Waals surface area (Å²) in [6.45, 7) is 0. The normalized spacial score (nSPS) is 10.9. The number of rotatable bonds is 5. The number of methoxy groups -OCH3 is 1. The lowest BCUT2D eigenvalue weighted by Crippen LogP contribution is -2.17. The van der Waals surface area contributed by atoms with Crippen LogP contribution < -0.4 is 20.3 Å². The van der Waals surface area contributed by atoms with Gasteiger partial charge in [-0.2, -0.15) is 0 Å². The molecule has 0 saturated heterocycles. The van der Waals surface area contributed by atoms with Gasteiger partial charge in [0.1, 0.15) is 11.5 Å². The number of hydrazine groups is 1. The molecule has 21 heavy (non-hydrogen) atoms. The molecular weight excluding hydrogens is 285 g/mol. The molecule has 0 fully saturated rings. The van der Waals surface area contributed by atoms with Gasteiger partial charge in [-0.3, -0.25) is 0 Å². The van der Waals surface area contributed by atoms with Crippen LogP contribution in [0.25, 0.3) is 0 Å². The molecular formula is C14H13F3N2O2. The van der Waals surface area contributed by atoms with E-state index < -0.39 is 6.36 Å². The lowest BCUT2D eigenvalue weighted by atomic mass is 10.3. The summed E-state index contributed by atoms with van der Waals surface area (Å²) in [5.41, 5.74) is 7.15. The van der Waals surface area contributed by atoms with E-state index >= 15 is 0 Å². The van der Waals surface area contributed by atoms with Gasteiger partial charge >= 0.3 is 6.36 Å². The number of hydrogen-bond donors (Lipinski definition) is 2. The first-order valence-electron chi connectivity index (χ1n) is 5.98. The fourth-order valence-electron chi connectivity index (χ4n) is 1.56. The zero-order valence-electron chi connectivity index (χ0n) is 11.1. The predicted molar refractivity (Wildman–Crippen MR) is 73.4 cm³/mol. The van der Waals surface area contributed by atoms with Gasteiger partial charge in [-0.25, -0.2) is 0 Å². The third kappa shape index (κ3) is 4.79. The van der Waals surface area contributed by atoms with Gasteiger partial charge in [-0.15, -0.1) is 13.2 Å². The average Bonchev–Trinajstić information content (AvgIpc) is 2.45. The molecule has 0 heterocycles. The maximum Gasteiger partial charge on any atom is 0.573 e. The van der Waals surface area contributed by atoms with Crippen molar-refractivity contribution in [1.29, 1.82) is 0 Å². The van der Waals surface area contributed by atoms with E-state index in [-0.39, 0.29) is 5.75 Å². The third-order valence-corrected chi connectivity index (χ3v) is 2.53. The van der Waals surface area contributed by atoms with Gasteiger partial charge in [0.2, 0.25) is 0 Å². The summed E-state index contributed by atoms with van der Waals surface area (Å²) >= 11 is 0. The van der Waals surface area contributed by atoms with Crippen molar-refractivity contribution in [2.24, 2.45) is 0 Å². The topological polar surface area (TPSA) is 42.5 Å². The van der Waals surface area contributed by atoms with Crippen LogP contribution in [0, 0.1) is 0 Å². The minimum absolute atomic E-state index is 0.266. The molecule has 0 aliphatic rings. The monoisotopic (exact) mass is 298 g/mol. The van der Waals surface area contributed by atoms with E-state index in [1.54, 1.807) is 31.4 Å². The molecule has 4 nitrogen and oxygen atoms in total. The van der Waals surface area contributed by atoms with Crippen molar-refractivity contribution in [3.63, 3.8) is 0 Å². The van der Waals surface area contributed by atoms with Crippen molar-refractivity contribution in [2.75, 3.05) is 18.0 Å². The fraction of sp³-hybridized carbons (Fsp3) is 0.143. The highest BCUT2D eigenvalue weighted by Gasteiger charge is 2.30. The molecule has 0 aromatic heterocycles. The molecule has 2 rings (SSSR count). The summed E-state index contributed by atoms with van der Waals surface area (Å²) in [6.07, 6.45) is -4.68. The molecule has 0 aliphatic heterocycles. The average molecular weight is 298 g/mol. The Kier molecular flexibility index (Phi) is 4.42. The molecule has 0 bridgehead atoms. The molecule has 2 aromatic rings. The minimum Gasteiger partial charge on any atom is -0.497 e. The standard InChI is InChI=1S/C14H13F3N2O2/c1-20-12-6-2-10(3-7-12)18-19-11-4-8-13(9-5-11)21-14(15,16)17/h2-9,18-19H,1H3. The summed E-state index contributed by atoms with van der Waals surface area (Å²) in [5.74, 6) is 0.465. The number of benzene rings is 2. The number of alkyl halides is 3. The maximum atomic E-state index is 12.0. The highest BCUT2D eigenvalue weighted by Crippen LogP contribution is 2.24. The minimum atomic E-state index is -4.68. The highest BCUT2D eigenvalue weighted by atomic mass is 19.4. The van der Waals surface area contributed by atoms with Crippen LogP contribution in [0.1, 0.15) is 0 Å². The Hall–Kier alpha value is -2.57. The van der Waals surface area contributed by atoms with E-state index in [1.807, 2.05) is 0 Å². The Morgan fingerprint density at radius 3 is 1.57 bits per heavy atom. The molecule has 0 unspecified atom stereocenters. The van der Waals surface area contributed by atoms with Crippen molar-refractivity contribution in [1.82, 2.24) is 0 Å². The zero-order chi connectivity index (χ0) is 15.3. The Morgan fingerprint density at radius 1 is 0.762 bits per heavy atom. The third-order valence-electron chi connectivity index (χ3n) is 2.53. The van der Waals surface area contributed by atoms with Gasteiger partial charge in [-0.1, -0.05) is 0 Å². The van der Waals surface area contributed by atoms with Gasteiger partial charge in [0.05, 0.1) is 18.5 Å². The summed E-state index contributed by atoms with van der Waals surface area (Å²) in [5, 5.41) is 0. The molecule has 0 amide bonds. The highest BCUT2D eigenvalue weighted by molar-refractivity contribution is 5.54. The van der Waals surface area contributed by atoms with E-state index in [0.29, 0.717) is 5.69 Å². The van der Waals surface area contributed by atoms with Crippen molar-refractivity contribution < 1.29 is 22.6 Å². The molecule has 7 heteroatoms. The summed E-state index contributed by atoms with van der Waals surface area (Å²) < 4.78 is 44.9. The lowest BCUT2D eigenvalue weighted by molar-refractivity contribution is -0.274. The Labute approximate surface area is 119 Å². The number of nitrogens with one attached hydrogen (secondary N) is 2. The van der Waals surface area contributed by atoms with Gasteiger partial charge in [0, 0.05) is 0 Å². The molecule has 0 radical (unpaired) electrons. The van der Waals surface area contributed by atoms with Crippen LogP contribution in [0.5, 0.6) is 11.5 Å². The van der Waals surface area contributed by atoms with Crippen LogP contribution in [-0.4, -0.2) is 13.5 Å². The lowest BCUT2D eigenvalue weighted by Gasteiger charge is -2.12. The van der Waals surface area contributed by atoms with Crippen molar-refractivity contribution in [2.45, 2.75) is 6.36 Å². The van der Waals surface area contributed by atoms with Crippen LogP contribution in [0.2, 0.25) is 0 Å². The molecule has 112 valence electrons. The van der Waals surface area contributed by atoms with E-state index in [0.717, 1.165) is 11.4 Å². The SMILES string of the molecule is COc1ccc(NNc2ccc(OC(F)(F)F)cc2)cc1. The fourth-order valence-corrected chi connectivity index (χ4v) is 1.56. The first-order valence-corrected chi connectivity index (χ1v) is 5.98. The molecule has 2 N–H and O–H groups in total. The maximum absolute atomic E-state index is 12.0. The van der Waals surface area contributed by atoms with E-state index in [1.165, 1.54) is 24.3 Å². The second kappa shape index (κ2) is 6.25. The van der Waals surface area contributed by atoms with E-state index in [2.05, 4.69) is 15.6 Å². The second-order valence-electron chi connectivity index (χ2n) is 4.05. The van der Waals surface area contributed by atoms with Gasteiger partial charge < -0.3 is 20.3 Å². The van der Waals surface area contributed by atoms with Gasteiger partial charge in [0.15, 0.2) is 0 Å². The second-order valence-corrected chi connectivity index (χ2v) is 4.05. The molecule has 0 atom stereocenters. The molecule has 0 saturated carbocycles. The van der Waals surface area contributed by atoms with Crippen molar-refractivity contribution in [3.05, 3.63) is 48.5 Å². The van der Waals surface area contributed by atoms with Crippen LogP contribution in [0.4, 0.5) is 24.5 Å². The van der Waals surface area contributed by atoms with Crippen molar-refractivity contribution in [3.8, 4) is 11.5 Å². The van der Waals surface area contributed by atoms with E-state index in [9.17, 15) is 13.2 Å². The Balaban J connectivity index is 1.91. The number of hydrogen-bond acceptors (Lipinski definition) is 4. The van der Waals surface area contributed by atoms with Gasteiger partial charge in [-0.05, 0) is 48.5 Å². The first-order chi connectivity index (χ1) is 9.96. The summed E-state index contributed by atoms with van der Waals surface area (Å²) in [4.78, 5) is 0. The zero-order valence-corrected chi connectivity index (χ0v) is 11.1. The Bertz CT molecular complexity index is 568. The van der Waals surface area contributed by atoms with Crippen LogP contribution in [0.15, 0.2) is 48.5 Å². The number of halogens is 3. The smallest absolute Gasteiger partial charge is 0.497 e. The number of ether oxygens (including phenoxy) is 2. The quantitative estimate of drug-likeness (QED) is 0.818. The van der Waals surface area contributed by atoms with Gasteiger partial charge in [0.25, 0.3) is 0 Å². The molecule has 2 aromatic carbocycles. The van der Waals surface area contributed by atoms with Crippen LogP contribution >= 0.6 is 0 Å². The first kappa shape index (κ1) is 14.8. The van der Waals surface area contributed by atoms with Crippen LogP contribution in [-0.2, 0) is 0 Å². The largest absolute Gasteiger partial charge is 0.573 e. The Morgan fingerprint density at radius 2 is 1.19 bits per heavy atom. The van der Waals surface area contributed by atoms with Crippen molar-refractivity contribution >= 4 is 11.4 Å². The summed E-state index contributed by atoms with van der Waals surface area (Å²) in [7, 11) is 1.57. The molecule has 0 spiro atoms.